The molecular weight excluding hydrogens is 438 g/mol. The Morgan fingerprint density at radius 1 is 1.34 bits per heavy atom. The number of fused-ring (bicyclic) bond motifs is 1. The molecule has 0 spiro atoms. The first-order valence-electron chi connectivity index (χ1n) is 8.45. The lowest BCUT2D eigenvalue weighted by Crippen LogP contribution is -2.70. The number of thioether (sulfide) groups is 1. The maximum atomic E-state index is 12.4. The molecule has 4 rings (SSSR count). The molecule has 2 atom stereocenters. The van der Waals surface area contributed by atoms with Crippen molar-refractivity contribution in [3.63, 3.8) is 0 Å². The number of hydrogen-bond donors (Lipinski definition) is 3. The number of amides is 2. The number of aliphatic carboxylic acids is 1. The summed E-state index contributed by atoms with van der Waals surface area (Å²) in [6, 6.07) is 5.98. The van der Waals surface area contributed by atoms with E-state index < -0.39 is 29.2 Å². The number of hydrogen-bond acceptors (Lipinski definition) is 7. The smallest absolute Gasteiger partial charge is 0.353 e. The van der Waals surface area contributed by atoms with Crippen LogP contribution in [0.25, 0.3) is 10.6 Å². The van der Waals surface area contributed by atoms with Crippen LogP contribution < -0.4 is 5.32 Å². The van der Waals surface area contributed by atoms with Gasteiger partial charge in [0.1, 0.15) is 27.9 Å². The van der Waals surface area contributed by atoms with E-state index in [1.54, 1.807) is 29.6 Å². The van der Waals surface area contributed by atoms with Crippen molar-refractivity contribution in [3.05, 3.63) is 46.1 Å². The van der Waals surface area contributed by atoms with Gasteiger partial charge < -0.3 is 15.5 Å². The third kappa shape index (κ3) is 3.59. The van der Waals surface area contributed by atoms with E-state index in [1.807, 2.05) is 0 Å². The number of carboxylic acids is 1. The van der Waals surface area contributed by atoms with Gasteiger partial charge in [0.05, 0.1) is 22.7 Å². The maximum Gasteiger partial charge on any atom is 0.353 e. The summed E-state index contributed by atoms with van der Waals surface area (Å²) in [5, 5.41) is 23.8. The van der Waals surface area contributed by atoms with Gasteiger partial charge in [0.15, 0.2) is 0 Å². The number of halogens is 1. The molecule has 150 valence electrons. The third-order valence-corrected chi connectivity index (χ3v) is 7.14. The minimum absolute atomic E-state index is 0.0341. The molecule has 2 aliphatic rings. The summed E-state index contributed by atoms with van der Waals surface area (Å²) >= 11 is 8.54. The predicted molar refractivity (Wildman–Crippen MR) is 108 cm³/mol. The van der Waals surface area contributed by atoms with Crippen molar-refractivity contribution in [2.45, 2.75) is 17.8 Å². The largest absolute Gasteiger partial charge is 0.507 e. The minimum atomic E-state index is -1.27. The van der Waals surface area contributed by atoms with Crippen LogP contribution in [0.1, 0.15) is 5.69 Å². The topological polar surface area (TPSA) is 120 Å². The minimum Gasteiger partial charge on any atom is -0.507 e. The van der Waals surface area contributed by atoms with Gasteiger partial charge in [-0.2, -0.15) is 0 Å². The van der Waals surface area contributed by atoms with Crippen molar-refractivity contribution in [2.24, 2.45) is 0 Å². The number of rotatable bonds is 5. The molecule has 1 fully saturated rings. The molecule has 2 amide bonds. The summed E-state index contributed by atoms with van der Waals surface area (Å²) in [4.78, 5) is 41.6. The normalized spacial score (nSPS) is 20.9. The first-order chi connectivity index (χ1) is 13.9. The average Bonchev–Trinajstić information content (AvgIpc) is 3.14. The van der Waals surface area contributed by atoms with Crippen molar-refractivity contribution >= 4 is 52.5 Å². The van der Waals surface area contributed by atoms with E-state index in [9.17, 15) is 24.6 Å². The van der Waals surface area contributed by atoms with E-state index in [0.717, 1.165) is 4.90 Å². The van der Waals surface area contributed by atoms with Crippen LogP contribution in [0, 0.1) is 0 Å². The van der Waals surface area contributed by atoms with Crippen molar-refractivity contribution < 1.29 is 24.6 Å². The van der Waals surface area contributed by atoms with E-state index in [0.29, 0.717) is 16.3 Å². The van der Waals surface area contributed by atoms with Gasteiger partial charge in [0.25, 0.3) is 5.91 Å². The molecule has 8 nitrogen and oxygen atoms in total. The van der Waals surface area contributed by atoms with Crippen molar-refractivity contribution in [3.8, 4) is 16.3 Å². The number of phenolic OH excluding ortho intramolecular Hbond substituents is 1. The standard InChI is InChI=1S/C18H14ClN3O5S2/c19-10-7-29-17-13(16(25)22(17)14(10)18(26)27)21-12(24)5-8-6-28-15(20-8)9-3-1-2-4-11(9)23/h1-4,6,13,17,23H,5,7H2,(H,21,24)(H,26,27)/t13-,17-/m1/s1. The van der Waals surface area contributed by atoms with Crippen LogP contribution in [0.3, 0.4) is 0 Å². The number of para-hydroxylation sites is 1. The fourth-order valence-electron chi connectivity index (χ4n) is 3.14. The Kier molecular flexibility index (Phi) is 5.24. The van der Waals surface area contributed by atoms with Crippen LogP contribution in [0.2, 0.25) is 0 Å². The van der Waals surface area contributed by atoms with Crippen LogP contribution >= 0.6 is 34.7 Å². The number of aromatic nitrogens is 1. The second kappa shape index (κ2) is 7.69. The average molecular weight is 452 g/mol. The predicted octanol–water partition coefficient (Wildman–Crippen LogP) is 1.99. The zero-order valence-corrected chi connectivity index (χ0v) is 17.1. The number of aromatic hydroxyl groups is 1. The third-order valence-electron chi connectivity index (χ3n) is 4.47. The molecule has 0 unspecified atom stereocenters. The molecule has 0 radical (unpaired) electrons. The molecule has 1 aromatic heterocycles. The van der Waals surface area contributed by atoms with Gasteiger partial charge in [0, 0.05) is 11.1 Å². The molecule has 0 bridgehead atoms. The maximum absolute atomic E-state index is 12.4. The van der Waals surface area contributed by atoms with E-state index in [-0.39, 0.29) is 28.7 Å². The number of carbonyl (C=O) groups is 3. The van der Waals surface area contributed by atoms with E-state index in [1.165, 1.54) is 23.1 Å². The van der Waals surface area contributed by atoms with Crippen LogP contribution in [-0.4, -0.2) is 55.0 Å². The van der Waals surface area contributed by atoms with E-state index >= 15 is 0 Å². The SMILES string of the molecule is O=C(Cc1csc(-c2ccccc2O)n1)N[C@@H]1C(=O)N2C(C(=O)O)=C(Cl)CS[C@H]12. The van der Waals surface area contributed by atoms with Crippen molar-refractivity contribution in [2.75, 3.05) is 5.75 Å². The molecule has 3 N–H and O–H groups in total. The summed E-state index contributed by atoms with van der Waals surface area (Å²) in [5.41, 5.74) is 0.870. The fourth-order valence-corrected chi connectivity index (χ4v) is 5.54. The Labute approximate surface area is 178 Å². The fraction of sp³-hybridized carbons (Fsp3) is 0.222. The number of benzene rings is 1. The summed E-state index contributed by atoms with van der Waals surface area (Å²) in [6.07, 6.45) is -0.0341. The molecule has 3 heterocycles. The quantitative estimate of drug-likeness (QED) is 0.594. The lowest BCUT2D eigenvalue weighted by atomic mass is 10.0. The number of β-lactam (4-membered cyclic amide) rings is 1. The Balaban J connectivity index is 1.41. The monoisotopic (exact) mass is 451 g/mol. The summed E-state index contributed by atoms with van der Waals surface area (Å²) in [7, 11) is 0. The lowest BCUT2D eigenvalue weighted by molar-refractivity contribution is -0.150. The van der Waals surface area contributed by atoms with Gasteiger partial charge in [-0.15, -0.1) is 23.1 Å². The lowest BCUT2D eigenvalue weighted by Gasteiger charge is -2.48. The molecule has 0 aliphatic carbocycles. The molecule has 1 saturated heterocycles. The zero-order valence-electron chi connectivity index (χ0n) is 14.7. The second-order valence-electron chi connectivity index (χ2n) is 6.35. The second-order valence-corrected chi connectivity index (χ2v) is 8.77. The molecule has 29 heavy (non-hydrogen) atoms. The van der Waals surface area contributed by atoms with Gasteiger partial charge in [0.2, 0.25) is 5.91 Å². The number of carbonyl (C=O) groups excluding carboxylic acids is 2. The first kappa shape index (κ1) is 19.7. The van der Waals surface area contributed by atoms with Crippen LogP contribution in [0.15, 0.2) is 40.4 Å². The number of nitrogens with zero attached hydrogens (tertiary/aromatic N) is 2. The first-order valence-corrected chi connectivity index (χ1v) is 10.8. The van der Waals surface area contributed by atoms with Crippen LogP contribution in [0.4, 0.5) is 0 Å². The van der Waals surface area contributed by atoms with Gasteiger partial charge in [-0.25, -0.2) is 9.78 Å². The molecule has 11 heteroatoms. The highest BCUT2D eigenvalue weighted by molar-refractivity contribution is 8.00. The molecule has 0 saturated carbocycles. The van der Waals surface area contributed by atoms with E-state index in [2.05, 4.69) is 10.3 Å². The number of phenols is 1. The van der Waals surface area contributed by atoms with Gasteiger partial charge in [-0.1, -0.05) is 23.7 Å². The Bertz CT molecular complexity index is 1050. The molecule has 2 aliphatic heterocycles. The Morgan fingerprint density at radius 3 is 2.83 bits per heavy atom. The highest BCUT2D eigenvalue weighted by atomic mass is 35.5. The molecular formula is C18H14ClN3O5S2. The van der Waals surface area contributed by atoms with Gasteiger partial charge >= 0.3 is 5.97 Å². The van der Waals surface area contributed by atoms with Gasteiger partial charge in [-0.3, -0.25) is 14.5 Å². The summed E-state index contributed by atoms with van der Waals surface area (Å²) in [6.45, 7) is 0. The summed E-state index contributed by atoms with van der Waals surface area (Å²) < 4.78 is 0. The highest BCUT2D eigenvalue weighted by Gasteiger charge is 2.54. The van der Waals surface area contributed by atoms with Crippen LogP contribution in [0.5, 0.6) is 5.75 Å². The number of carboxylic acid groups (broad SMARTS) is 1. The Hall–Kier alpha value is -2.56. The van der Waals surface area contributed by atoms with Crippen molar-refractivity contribution in [1.29, 1.82) is 0 Å². The number of thiazole rings is 1. The Morgan fingerprint density at radius 2 is 2.10 bits per heavy atom. The van der Waals surface area contributed by atoms with E-state index in [4.69, 9.17) is 11.6 Å². The molecule has 1 aromatic carbocycles. The zero-order chi connectivity index (χ0) is 20.7. The van der Waals surface area contributed by atoms with Gasteiger partial charge in [-0.05, 0) is 12.1 Å². The van der Waals surface area contributed by atoms with Crippen LogP contribution in [-0.2, 0) is 20.8 Å². The van der Waals surface area contributed by atoms with Crippen molar-refractivity contribution in [1.82, 2.24) is 15.2 Å². The summed E-state index contributed by atoms with van der Waals surface area (Å²) in [5.74, 6) is -1.79. The highest BCUT2D eigenvalue weighted by Crippen LogP contribution is 2.41. The number of nitrogens with one attached hydrogen (secondary N) is 1. The molecule has 2 aromatic rings.